The molecular formula is C15H18BrF2IN4OS. The Kier molecular flexibility index (Phi) is 9.57. The molecule has 0 unspecified atom stereocenters. The third kappa shape index (κ3) is 7.40. The van der Waals surface area contributed by atoms with Gasteiger partial charge in [-0.05, 0) is 25.1 Å². The van der Waals surface area contributed by atoms with E-state index in [9.17, 15) is 8.78 Å². The van der Waals surface area contributed by atoms with E-state index in [1.54, 1.807) is 30.5 Å². The number of hydrogen-bond acceptors (Lipinski definition) is 4. The predicted octanol–water partition coefficient (Wildman–Crippen LogP) is 4.30. The quantitative estimate of drug-likeness (QED) is 0.322. The van der Waals surface area contributed by atoms with Gasteiger partial charge in [-0.25, -0.2) is 4.98 Å². The normalized spacial score (nSPS) is 11.2. The maximum Gasteiger partial charge on any atom is 0.387 e. The fraction of sp³-hybridized carbons (Fsp3) is 0.333. The highest BCUT2D eigenvalue weighted by molar-refractivity contribution is 14.0. The molecule has 1 heterocycles. The molecule has 0 aliphatic rings. The molecule has 0 saturated carbocycles. The number of aliphatic imine (C=N–C) groups is 1. The van der Waals surface area contributed by atoms with Gasteiger partial charge in [0.15, 0.2) is 5.96 Å². The average Bonchev–Trinajstić information content (AvgIpc) is 2.95. The Hall–Kier alpha value is -1.01. The van der Waals surface area contributed by atoms with Crippen LogP contribution in [0, 0.1) is 6.92 Å². The number of rotatable bonds is 6. The fourth-order valence-electron chi connectivity index (χ4n) is 1.94. The number of alkyl halides is 2. The van der Waals surface area contributed by atoms with Gasteiger partial charge in [0.05, 0.1) is 6.54 Å². The Bertz CT molecular complexity index is 715. The maximum atomic E-state index is 12.5. The third-order valence-corrected chi connectivity index (χ3v) is 4.39. The summed E-state index contributed by atoms with van der Waals surface area (Å²) >= 11 is 4.93. The minimum atomic E-state index is -2.87. The van der Waals surface area contributed by atoms with Crippen LogP contribution in [0.2, 0.25) is 0 Å². The minimum Gasteiger partial charge on any atom is -0.434 e. The van der Waals surface area contributed by atoms with Crippen molar-refractivity contribution in [2.45, 2.75) is 26.6 Å². The van der Waals surface area contributed by atoms with Crippen LogP contribution in [0.4, 0.5) is 8.78 Å². The number of nitrogens with zero attached hydrogens (tertiary/aromatic N) is 2. The smallest absolute Gasteiger partial charge is 0.387 e. The van der Waals surface area contributed by atoms with Crippen molar-refractivity contribution in [3.05, 3.63) is 44.3 Å². The molecule has 25 heavy (non-hydrogen) atoms. The van der Waals surface area contributed by atoms with Crippen molar-refractivity contribution in [1.29, 1.82) is 0 Å². The Labute approximate surface area is 174 Å². The van der Waals surface area contributed by atoms with Crippen molar-refractivity contribution in [3.63, 3.8) is 0 Å². The molecule has 0 aliphatic carbocycles. The molecule has 0 amide bonds. The highest BCUT2D eigenvalue weighted by Crippen LogP contribution is 2.24. The van der Waals surface area contributed by atoms with Gasteiger partial charge in [-0.3, -0.25) is 4.99 Å². The number of hydrogen-bond donors (Lipinski definition) is 2. The van der Waals surface area contributed by atoms with Crippen molar-refractivity contribution in [1.82, 2.24) is 15.6 Å². The fourth-order valence-corrected chi connectivity index (χ4v) is 3.07. The largest absolute Gasteiger partial charge is 0.434 e. The van der Waals surface area contributed by atoms with E-state index < -0.39 is 6.61 Å². The molecule has 2 aromatic rings. The number of nitrogens with one attached hydrogen (secondary N) is 2. The van der Waals surface area contributed by atoms with Crippen LogP contribution in [0.15, 0.2) is 33.9 Å². The predicted molar refractivity (Wildman–Crippen MR) is 110 cm³/mol. The molecule has 0 radical (unpaired) electrons. The van der Waals surface area contributed by atoms with Crippen LogP contribution in [-0.4, -0.2) is 24.6 Å². The van der Waals surface area contributed by atoms with Gasteiger partial charge in [-0.1, -0.05) is 15.9 Å². The lowest BCUT2D eigenvalue weighted by Gasteiger charge is -2.14. The van der Waals surface area contributed by atoms with Crippen LogP contribution in [0.1, 0.15) is 15.4 Å². The van der Waals surface area contributed by atoms with Gasteiger partial charge in [-0.15, -0.1) is 35.3 Å². The van der Waals surface area contributed by atoms with E-state index in [4.69, 9.17) is 0 Å². The molecule has 138 valence electrons. The summed E-state index contributed by atoms with van der Waals surface area (Å²) in [5.74, 6) is 0.678. The number of guanidine groups is 1. The highest BCUT2D eigenvalue weighted by Gasteiger charge is 2.11. The topological polar surface area (TPSA) is 58.5 Å². The first kappa shape index (κ1) is 22.0. The Balaban J connectivity index is 0.00000312. The summed E-state index contributed by atoms with van der Waals surface area (Å²) in [5, 5.41) is 7.15. The highest BCUT2D eigenvalue weighted by atomic mass is 127. The van der Waals surface area contributed by atoms with E-state index in [1.165, 1.54) is 6.07 Å². The lowest BCUT2D eigenvalue weighted by Crippen LogP contribution is -2.36. The van der Waals surface area contributed by atoms with Gasteiger partial charge in [-0.2, -0.15) is 8.78 Å². The van der Waals surface area contributed by atoms with Gasteiger partial charge in [0.25, 0.3) is 0 Å². The number of aromatic nitrogens is 1. The lowest BCUT2D eigenvalue weighted by atomic mass is 10.2. The van der Waals surface area contributed by atoms with Crippen molar-refractivity contribution in [2.75, 3.05) is 7.05 Å². The van der Waals surface area contributed by atoms with Crippen molar-refractivity contribution in [3.8, 4) is 5.75 Å². The number of benzene rings is 1. The SMILES string of the molecule is CN=C(NCc1ncc(C)s1)NCc1cc(Br)ccc1OC(F)F.I. The van der Waals surface area contributed by atoms with Gasteiger partial charge in [0, 0.05) is 34.7 Å². The van der Waals surface area contributed by atoms with Crippen LogP contribution >= 0.6 is 51.2 Å². The Morgan fingerprint density at radius 2 is 2.08 bits per heavy atom. The van der Waals surface area contributed by atoms with Crippen LogP contribution in [0.5, 0.6) is 5.75 Å². The van der Waals surface area contributed by atoms with E-state index in [0.717, 1.165) is 14.4 Å². The summed E-state index contributed by atoms with van der Waals surface area (Å²) in [7, 11) is 1.64. The summed E-state index contributed by atoms with van der Waals surface area (Å²) in [6, 6.07) is 4.88. The molecule has 1 aromatic heterocycles. The third-order valence-electron chi connectivity index (χ3n) is 2.98. The van der Waals surface area contributed by atoms with Gasteiger partial charge in [0.2, 0.25) is 0 Å². The molecule has 2 N–H and O–H groups in total. The van der Waals surface area contributed by atoms with E-state index >= 15 is 0 Å². The number of thiazole rings is 1. The summed E-state index contributed by atoms with van der Waals surface area (Å²) in [4.78, 5) is 9.51. The van der Waals surface area contributed by atoms with E-state index in [-0.39, 0.29) is 36.3 Å². The average molecular weight is 547 g/mol. The zero-order chi connectivity index (χ0) is 17.5. The molecule has 0 atom stereocenters. The standard InChI is InChI=1S/C15H17BrF2N4OS.HI/c1-9-6-20-13(24-9)8-22-15(19-2)21-7-10-5-11(16)3-4-12(10)23-14(17)18;/h3-6,14H,7-8H2,1-2H3,(H2,19,21,22);1H. The Morgan fingerprint density at radius 3 is 2.68 bits per heavy atom. The summed E-state index contributed by atoms with van der Waals surface area (Å²) in [6.07, 6.45) is 1.81. The molecule has 10 heteroatoms. The summed E-state index contributed by atoms with van der Waals surface area (Å²) in [5.41, 5.74) is 0.595. The zero-order valence-corrected chi connectivity index (χ0v) is 18.3. The molecule has 0 fully saturated rings. The minimum absolute atomic E-state index is 0. The molecule has 2 rings (SSSR count). The molecule has 0 saturated heterocycles. The Morgan fingerprint density at radius 1 is 1.36 bits per heavy atom. The lowest BCUT2D eigenvalue weighted by molar-refractivity contribution is -0.0504. The van der Waals surface area contributed by atoms with E-state index in [0.29, 0.717) is 18.1 Å². The van der Waals surface area contributed by atoms with Crippen molar-refractivity contribution < 1.29 is 13.5 Å². The van der Waals surface area contributed by atoms with Crippen LogP contribution < -0.4 is 15.4 Å². The number of aryl methyl sites for hydroxylation is 1. The molecule has 0 aliphatic heterocycles. The molecular weight excluding hydrogens is 529 g/mol. The monoisotopic (exact) mass is 546 g/mol. The summed E-state index contributed by atoms with van der Waals surface area (Å²) < 4.78 is 30.3. The zero-order valence-electron chi connectivity index (χ0n) is 13.6. The second kappa shape index (κ2) is 10.9. The van der Waals surface area contributed by atoms with Crippen LogP contribution in [0.25, 0.3) is 0 Å². The first-order valence-corrected chi connectivity index (χ1v) is 8.68. The second-order valence-corrected chi connectivity index (χ2v) is 7.01. The molecule has 0 bridgehead atoms. The van der Waals surface area contributed by atoms with Gasteiger partial charge in [0.1, 0.15) is 10.8 Å². The van der Waals surface area contributed by atoms with Crippen molar-refractivity contribution in [2.24, 2.45) is 4.99 Å². The number of ether oxygens (including phenoxy) is 1. The first-order valence-electron chi connectivity index (χ1n) is 7.07. The van der Waals surface area contributed by atoms with Crippen LogP contribution in [0.3, 0.4) is 0 Å². The number of halogens is 4. The van der Waals surface area contributed by atoms with E-state index in [2.05, 4.69) is 41.3 Å². The van der Waals surface area contributed by atoms with Gasteiger partial charge < -0.3 is 15.4 Å². The van der Waals surface area contributed by atoms with Crippen molar-refractivity contribution >= 4 is 57.2 Å². The molecule has 0 spiro atoms. The summed E-state index contributed by atoms with van der Waals surface area (Å²) in [6.45, 7) is -0.0447. The maximum absolute atomic E-state index is 12.5. The molecule has 1 aromatic carbocycles. The van der Waals surface area contributed by atoms with Gasteiger partial charge >= 0.3 is 6.61 Å². The van der Waals surface area contributed by atoms with E-state index in [1.807, 2.05) is 13.1 Å². The first-order chi connectivity index (χ1) is 11.5. The van der Waals surface area contributed by atoms with Crippen LogP contribution in [-0.2, 0) is 13.1 Å². The molecule has 5 nitrogen and oxygen atoms in total. The second-order valence-electron chi connectivity index (χ2n) is 4.77.